The molecule has 3 aromatic rings. The molecular formula is C19H19Cl2N3O. The van der Waals surface area contributed by atoms with E-state index in [1.807, 2.05) is 49.7 Å². The van der Waals surface area contributed by atoms with Crippen LogP contribution in [0.1, 0.15) is 29.8 Å². The van der Waals surface area contributed by atoms with Gasteiger partial charge in [-0.2, -0.15) is 0 Å². The summed E-state index contributed by atoms with van der Waals surface area (Å²) in [5, 5.41) is 5.09. The summed E-state index contributed by atoms with van der Waals surface area (Å²) in [7, 11) is 1.87. The Hall–Kier alpha value is -2.04. The number of fused-ring (bicyclic) bond motifs is 1. The summed E-state index contributed by atoms with van der Waals surface area (Å²) >= 11 is 12.4. The minimum absolute atomic E-state index is 0.189. The number of carbonyl (C=O) groups excluding carboxylic acids is 1. The van der Waals surface area contributed by atoms with Gasteiger partial charge >= 0.3 is 0 Å². The molecular weight excluding hydrogens is 357 g/mol. The summed E-state index contributed by atoms with van der Waals surface area (Å²) in [6.07, 6.45) is 3.97. The van der Waals surface area contributed by atoms with Crippen molar-refractivity contribution in [3.63, 3.8) is 0 Å². The zero-order valence-electron chi connectivity index (χ0n) is 14.3. The molecule has 6 heteroatoms. The van der Waals surface area contributed by atoms with Crippen molar-refractivity contribution in [2.45, 2.75) is 25.8 Å². The van der Waals surface area contributed by atoms with E-state index in [4.69, 9.17) is 23.2 Å². The lowest BCUT2D eigenvalue weighted by Crippen LogP contribution is -2.45. The Bertz CT molecular complexity index is 947. The maximum Gasteiger partial charge on any atom is 0.253 e. The zero-order chi connectivity index (χ0) is 18.2. The van der Waals surface area contributed by atoms with Crippen molar-refractivity contribution in [1.82, 2.24) is 14.9 Å². The summed E-state index contributed by atoms with van der Waals surface area (Å²) in [6, 6.07) is 9.42. The maximum atomic E-state index is 12.7. The SMILES string of the molecule is Cn1cc(Cl)c2cc(C(=O)NC(C)(C)Cc3ccccc3Cl)cnc21. The molecule has 2 aromatic heterocycles. The predicted octanol–water partition coefficient (Wildman–Crippen LogP) is 4.63. The van der Waals surface area contributed by atoms with Crippen molar-refractivity contribution >= 4 is 40.1 Å². The van der Waals surface area contributed by atoms with Crippen LogP contribution in [0.15, 0.2) is 42.7 Å². The number of nitrogens with one attached hydrogen (secondary N) is 1. The van der Waals surface area contributed by atoms with Crippen LogP contribution in [0.3, 0.4) is 0 Å². The molecule has 25 heavy (non-hydrogen) atoms. The third kappa shape index (κ3) is 3.80. The summed E-state index contributed by atoms with van der Waals surface area (Å²) < 4.78 is 1.83. The topological polar surface area (TPSA) is 46.9 Å². The van der Waals surface area contributed by atoms with E-state index in [1.54, 1.807) is 18.5 Å². The molecule has 0 atom stereocenters. The highest BCUT2D eigenvalue weighted by molar-refractivity contribution is 6.35. The standard InChI is InChI=1S/C19H19Cl2N3O/c1-19(2,9-12-6-4-5-7-15(12)20)23-18(25)13-8-14-16(21)11-24(3)17(14)22-10-13/h4-8,10-11H,9H2,1-3H3,(H,23,25). The van der Waals surface area contributed by atoms with Crippen LogP contribution in [0.25, 0.3) is 11.0 Å². The Labute approximate surface area is 156 Å². The molecule has 1 amide bonds. The van der Waals surface area contributed by atoms with Crippen molar-refractivity contribution in [3.8, 4) is 0 Å². The number of nitrogens with zero attached hydrogens (tertiary/aromatic N) is 2. The van der Waals surface area contributed by atoms with Gasteiger partial charge in [-0.15, -0.1) is 0 Å². The second kappa shape index (κ2) is 6.70. The second-order valence-electron chi connectivity index (χ2n) is 6.79. The van der Waals surface area contributed by atoms with Crippen molar-refractivity contribution in [3.05, 3.63) is 63.9 Å². The van der Waals surface area contributed by atoms with Gasteiger partial charge in [0, 0.05) is 35.4 Å². The van der Waals surface area contributed by atoms with Crippen molar-refractivity contribution in [2.24, 2.45) is 7.05 Å². The molecule has 1 aromatic carbocycles. The molecule has 0 bridgehead atoms. The van der Waals surface area contributed by atoms with E-state index in [9.17, 15) is 4.79 Å². The fourth-order valence-corrected chi connectivity index (χ4v) is 3.37. The Morgan fingerprint density at radius 1 is 1.24 bits per heavy atom. The zero-order valence-corrected chi connectivity index (χ0v) is 15.8. The number of benzene rings is 1. The molecule has 0 fully saturated rings. The molecule has 0 aliphatic carbocycles. The molecule has 0 unspecified atom stereocenters. The number of hydrogen-bond acceptors (Lipinski definition) is 2. The van der Waals surface area contributed by atoms with Gasteiger partial charge in [-0.05, 0) is 38.0 Å². The van der Waals surface area contributed by atoms with Crippen molar-refractivity contribution < 1.29 is 4.79 Å². The van der Waals surface area contributed by atoms with E-state index >= 15 is 0 Å². The first-order valence-corrected chi connectivity index (χ1v) is 8.69. The Morgan fingerprint density at radius 3 is 2.68 bits per heavy atom. The number of amides is 1. The average Bonchev–Trinajstić information content (AvgIpc) is 2.83. The van der Waals surface area contributed by atoms with Gasteiger partial charge in [0.15, 0.2) is 0 Å². The molecule has 0 spiro atoms. The van der Waals surface area contributed by atoms with Crippen LogP contribution in [-0.4, -0.2) is 21.0 Å². The van der Waals surface area contributed by atoms with Gasteiger partial charge < -0.3 is 9.88 Å². The van der Waals surface area contributed by atoms with Crippen LogP contribution in [0.4, 0.5) is 0 Å². The third-order valence-electron chi connectivity index (χ3n) is 4.07. The summed E-state index contributed by atoms with van der Waals surface area (Å²) in [5.74, 6) is -0.189. The smallest absolute Gasteiger partial charge is 0.253 e. The minimum Gasteiger partial charge on any atom is -0.347 e. The first-order chi connectivity index (χ1) is 11.8. The average molecular weight is 376 g/mol. The first-order valence-electron chi connectivity index (χ1n) is 7.93. The molecule has 1 N–H and O–H groups in total. The van der Waals surface area contributed by atoms with E-state index in [1.165, 1.54) is 0 Å². The van der Waals surface area contributed by atoms with E-state index in [-0.39, 0.29) is 5.91 Å². The molecule has 4 nitrogen and oxygen atoms in total. The van der Waals surface area contributed by atoms with E-state index < -0.39 is 5.54 Å². The fourth-order valence-electron chi connectivity index (χ4n) is 2.88. The highest BCUT2D eigenvalue weighted by Gasteiger charge is 2.23. The molecule has 3 rings (SSSR count). The molecule has 0 aliphatic heterocycles. The number of pyridine rings is 1. The Kier molecular flexibility index (Phi) is 4.76. The summed E-state index contributed by atoms with van der Waals surface area (Å²) in [5.41, 5.74) is 1.76. The lowest BCUT2D eigenvalue weighted by atomic mass is 9.94. The number of hydrogen-bond donors (Lipinski definition) is 1. The Morgan fingerprint density at radius 2 is 1.96 bits per heavy atom. The van der Waals surface area contributed by atoms with E-state index in [0.717, 1.165) is 16.6 Å². The van der Waals surface area contributed by atoms with Crippen molar-refractivity contribution in [2.75, 3.05) is 0 Å². The predicted molar refractivity (Wildman–Crippen MR) is 102 cm³/mol. The molecule has 0 saturated carbocycles. The largest absolute Gasteiger partial charge is 0.347 e. The van der Waals surface area contributed by atoms with Gasteiger partial charge in [-0.3, -0.25) is 4.79 Å². The summed E-state index contributed by atoms with van der Waals surface area (Å²) in [6.45, 7) is 3.94. The van der Waals surface area contributed by atoms with Gasteiger partial charge in [-0.25, -0.2) is 4.98 Å². The van der Waals surface area contributed by atoms with Crippen LogP contribution < -0.4 is 5.32 Å². The van der Waals surface area contributed by atoms with Crippen LogP contribution in [0.2, 0.25) is 10.0 Å². The lowest BCUT2D eigenvalue weighted by Gasteiger charge is -2.27. The van der Waals surface area contributed by atoms with Gasteiger partial charge in [0.25, 0.3) is 5.91 Å². The van der Waals surface area contributed by atoms with Crippen molar-refractivity contribution in [1.29, 1.82) is 0 Å². The van der Waals surface area contributed by atoms with E-state index in [2.05, 4.69) is 10.3 Å². The second-order valence-corrected chi connectivity index (χ2v) is 7.60. The maximum absolute atomic E-state index is 12.7. The number of aromatic nitrogens is 2. The first kappa shape index (κ1) is 17.8. The van der Waals surface area contributed by atoms with Crippen LogP contribution in [0.5, 0.6) is 0 Å². The quantitative estimate of drug-likeness (QED) is 0.722. The molecule has 0 aliphatic rings. The van der Waals surface area contributed by atoms with Gasteiger partial charge in [0.2, 0.25) is 0 Å². The molecule has 2 heterocycles. The highest BCUT2D eigenvalue weighted by Crippen LogP contribution is 2.25. The van der Waals surface area contributed by atoms with Crippen LogP contribution in [-0.2, 0) is 13.5 Å². The van der Waals surface area contributed by atoms with Gasteiger partial charge in [0.05, 0.1) is 10.6 Å². The number of halogens is 2. The number of carbonyl (C=O) groups is 1. The minimum atomic E-state index is -0.461. The van der Waals surface area contributed by atoms with Crippen LogP contribution >= 0.6 is 23.2 Å². The third-order valence-corrected chi connectivity index (χ3v) is 4.74. The highest BCUT2D eigenvalue weighted by atomic mass is 35.5. The fraction of sp³-hybridized carbons (Fsp3) is 0.263. The van der Waals surface area contributed by atoms with E-state index in [0.29, 0.717) is 22.0 Å². The number of aryl methyl sites for hydroxylation is 1. The number of rotatable bonds is 4. The molecule has 0 radical (unpaired) electrons. The van der Waals surface area contributed by atoms with Gasteiger partial charge in [-0.1, -0.05) is 41.4 Å². The normalized spacial score (nSPS) is 11.7. The lowest BCUT2D eigenvalue weighted by molar-refractivity contribution is 0.0913. The van der Waals surface area contributed by atoms with Crippen LogP contribution in [0, 0.1) is 0 Å². The van der Waals surface area contributed by atoms with Gasteiger partial charge in [0.1, 0.15) is 5.65 Å². The Balaban J connectivity index is 1.81. The summed E-state index contributed by atoms with van der Waals surface area (Å²) in [4.78, 5) is 17.0. The molecule has 0 saturated heterocycles. The monoisotopic (exact) mass is 375 g/mol. The molecule has 130 valence electrons.